The summed E-state index contributed by atoms with van der Waals surface area (Å²) in [5.74, 6) is 0. The highest BCUT2D eigenvalue weighted by atomic mass is 16.3. The number of nitrogens with zero attached hydrogens (tertiary/aromatic N) is 2. The topological polar surface area (TPSA) is 56.9 Å². The van der Waals surface area contributed by atoms with Gasteiger partial charge in [0.05, 0.1) is 18.2 Å². The molecule has 0 aliphatic heterocycles. The highest BCUT2D eigenvalue weighted by Gasteiger charge is 2.02. The SMILES string of the molecule is N#Cc1ccc(Cc2cnccc2CO)cc1. The van der Waals surface area contributed by atoms with Crippen LogP contribution in [0.25, 0.3) is 0 Å². The minimum Gasteiger partial charge on any atom is -0.392 e. The number of nitriles is 1. The van der Waals surface area contributed by atoms with Gasteiger partial charge in [0.1, 0.15) is 0 Å². The van der Waals surface area contributed by atoms with E-state index < -0.39 is 0 Å². The van der Waals surface area contributed by atoms with Crippen LogP contribution < -0.4 is 0 Å². The van der Waals surface area contributed by atoms with Gasteiger partial charge in [-0.25, -0.2) is 0 Å². The molecule has 0 spiro atoms. The van der Waals surface area contributed by atoms with E-state index in [-0.39, 0.29) is 6.61 Å². The molecule has 0 atom stereocenters. The molecule has 84 valence electrons. The van der Waals surface area contributed by atoms with E-state index in [0.717, 1.165) is 23.1 Å². The maximum atomic E-state index is 9.21. The van der Waals surface area contributed by atoms with Crippen LogP contribution >= 0.6 is 0 Å². The summed E-state index contributed by atoms with van der Waals surface area (Å²) in [4.78, 5) is 4.06. The van der Waals surface area contributed by atoms with Crippen LogP contribution in [0.5, 0.6) is 0 Å². The third-order valence-electron chi connectivity index (χ3n) is 2.65. The van der Waals surface area contributed by atoms with Gasteiger partial charge in [0.2, 0.25) is 0 Å². The molecule has 1 aromatic heterocycles. The lowest BCUT2D eigenvalue weighted by Crippen LogP contribution is -1.96. The Balaban J connectivity index is 2.22. The molecule has 0 saturated heterocycles. The van der Waals surface area contributed by atoms with Crippen molar-refractivity contribution in [1.29, 1.82) is 5.26 Å². The fraction of sp³-hybridized carbons (Fsp3) is 0.143. The first-order valence-corrected chi connectivity index (χ1v) is 5.35. The molecule has 0 fully saturated rings. The van der Waals surface area contributed by atoms with Crippen molar-refractivity contribution in [3.05, 3.63) is 65.0 Å². The van der Waals surface area contributed by atoms with E-state index in [0.29, 0.717) is 5.56 Å². The Hall–Kier alpha value is -2.18. The predicted octanol–water partition coefficient (Wildman–Crippen LogP) is 2.04. The second-order valence-corrected chi connectivity index (χ2v) is 3.79. The molecule has 0 radical (unpaired) electrons. The number of aliphatic hydroxyl groups excluding tert-OH is 1. The standard InChI is InChI=1S/C14H12N2O/c15-8-12-3-1-11(2-4-12)7-14-9-16-6-5-13(14)10-17/h1-6,9,17H,7,10H2. The molecule has 0 amide bonds. The van der Waals surface area contributed by atoms with Gasteiger partial charge >= 0.3 is 0 Å². The summed E-state index contributed by atoms with van der Waals surface area (Å²) >= 11 is 0. The minimum absolute atomic E-state index is 0.0220. The average Bonchev–Trinajstić information content (AvgIpc) is 2.40. The van der Waals surface area contributed by atoms with Gasteiger partial charge in [0.25, 0.3) is 0 Å². The van der Waals surface area contributed by atoms with Crippen molar-refractivity contribution < 1.29 is 5.11 Å². The Kier molecular flexibility index (Phi) is 3.49. The summed E-state index contributed by atoms with van der Waals surface area (Å²) in [5.41, 5.74) is 3.66. The summed E-state index contributed by atoms with van der Waals surface area (Å²) in [7, 11) is 0. The molecule has 0 aliphatic rings. The van der Waals surface area contributed by atoms with Gasteiger partial charge in [0, 0.05) is 12.4 Å². The summed E-state index contributed by atoms with van der Waals surface area (Å²) in [6.45, 7) is 0.0220. The Labute approximate surface area is 100.0 Å². The van der Waals surface area contributed by atoms with Crippen LogP contribution in [-0.4, -0.2) is 10.1 Å². The lowest BCUT2D eigenvalue weighted by molar-refractivity contribution is 0.280. The van der Waals surface area contributed by atoms with E-state index in [2.05, 4.69) is 11.1 Å². The smallest absolute Gasteiger partial charge is 0.0991 e. The van der Waals surface area contributed by atoms with Gasteiger partial charge in [-0.15, -0.1) is 0 Å². The third-order valence-corrected chi connectivity index (χ3v) is 2.65. The highest BCUT2D eigenvalue weighted by Crippen LogP contribution is 2.13. The molecule has 2 rings (SSSR count). The third kappa shape index (κ3) is 2.68. The van der Waals surface area contributed by atoms with E-state index >= 15 is 0 Å². The lowest BCUT2D eigenvalue weighted by atomic mass is 10.0. The second kappa shape index (κ2) is 5.24. The van der Waals surface area contributed by atoms with Crippen LogP contribution in [0.2, 0.25) is 0 Å². The van der Waals surface area contributed by atoms with Crippen molar-refractivity contribution in [2.24, 2.45) is 0 Å². The Bertz CT molecular complexity index is 541. The zero-order valence-electron chi connectivity index (χ0n) is 9.30. The van der Waals surface area contributed by atoms with E-state index in [1.165, 1.54) is 0 Å². The number of benzene rings is 1. The molecule has 0 bridgehead atoms. The van der Waals surface area contributed by atoms with Crippen LogP contribution in [0.1, 0.15) is 22.3 Å². The Morgan fingerprint density at radius 3 is 2.53 bits per heavy atom. The number of aliphatic hydroxyl groups is 1. The minimum atomic E-state index is 0.0220. The first-order chi connectivity index (χ1) is 8.33. The van der Waals surface area contributed by atoms with Crippen LogP contribution in [0.15, 0.2) is 42.7 Å². The first-order valence-electron chi connectivity index (χ1n) is 5.35. The molecule has 3 nitrogen and oxygen atoms in total. The van der Waals surface area contributed by atoms with Gasteiger partial charge in [-0.05, 0) is 41.3 Å². The second-order valence-electron chi connectivity index (χ2n) is 3.79. The van der Waals surface area contributed by atoms with E-state index in [1.807, 2.05) is 18.2 Å². The van der Waals surface area contributed by atoms with Gasteiger partial charge in [-0.3, -0.25) is 4.98 Å². The van der Waals surface area contributed by atoms with Gasteiger partial charge in [-0.1, -0.05) is 12.1 Å². The van der Waals surface area contributed by atoms with Crippen molar-refractivity contribution in [2.75, 3.05) is 0 Å². The van der Waals surface area contributed by atoms with Crippen molar-refractivity contribution in [3.8, 4) is 6.07 Å². The Morgan fingerprint density at radius 1 is 1.12 bits per heavy atom. The molecule has 1 heterocycles. The molecular formula is C14H12N2O. The number of hydrogen-bond acceptors (Lipinski definition) is 3. The molecule has 17 heavy (non-hydrogen) atoms. The quantitative estimate of drug-likeness (QED) is 0.867. The number of rotatable bonds is 3. The van der Waals surface area contributed by atoms with Crippen LogP contribution in [0.3, 0.4) is 0 Å². The molecule has 2 aromatic rings. The van der Waals surface area contributed by atoms with Crippen molar-refractivity contribution >= 4 is 0 Å². The van der Waals surface area contributed by atoms with E-state index in [1.54, 1.807) is 24.5 Å². The summed E-state index contributed by atoms with van der Waals surface area (Å²) < 4.78 is 0. The first kappa shape index (κ1) is 11.3. The molecule has 1 N–H and O–H groups in total. The summed E-state index contributed by atoms with van der Waals surface area (Å²) in [5, 5.41) is 17.9. The largest absolute Gasteiger partial charge is 0.392 e. The molecule has 3 heteroatoms. The van der Waals surface area contributed by atoms with Gasteiger partial charge < -0.3 is 5.11 Å². The van der Waals surface area contributed by atoms with Gasteiger partial charge in [-0.2, -0.15) is 5.26 Å². The molecule has 0 saturated carbocycles. The molecule has 0 unspecified atom stereocenters. The van der Waals surface area contributed by atoms with Crippen molar-refractivity contribution in [3.63, 3.8) is 0 Å². The fourth-order valence-corrected chi connectivity index (χ4v) is 1.69. The fourth-order valence-electron chi connectivity index (χ4n) is 1.69. The zero-order chi connectivity index (χ0) is 12.1. The van der Waals surface area contributed by atoms with Crippen molar-refractivity contribution in [2.45, 2.75) is 13.0 Å². The Morgan fingerprint density at radius 2 is 1.88 bits per heavy atom. The highest BCUT2D eigenvalue weighted by molar-refractivity contribution is 5.35. The zero-order valence-corrected chi connectivity index (χ0v) is 9.30. The lowest BCUT2D eigenvalue weighted by Gasteiger charge is -2.06. The maximum Gasteiger partial charge on any atom is 0.0991 e. The normalized spacial score (nSPS) is 9.88. The van der Waals surface area contributed by atoms with Crippen molar-refractivity contribution in [1.82, 2.24) is 4.98 Å². The van der Waals surface area contributed by atoms with Crippen LogP contribution in [-0.2, 0) is 13.0 Å². The van der Waals surface area contributed by atoms with Gasteiger partial charge in [0.15, 0.2) is 0 Å². The maximum absolute atomic E-state index is 9.21. The number of aromatic nitrogens is 1. The van der Waals surface area contributed by atoms with Crippen LogP contribution in [0, 0.1) is 11.3 Å². The van der Waals surface area contributed by atoms with Crippen LogP contribution in [0.4, 0.5) is 0 Å². The summed E-state index contributed by atoms with van der Waals surface area (Å²) in [6.07, 6.45) is 4.16. The number of pyridine rings is 1. The monoisotopic (exact) mass is 224 g/mol. The molecule has 1 aromatic carbocycles. The summed E-state index contributed by atoms with van der Waals surface area (Å²) in [6, 6.07) is 11.3. The predicted molar refractivity (Wildman–Crippen MR) is 64.1 cm³/mol. The average molecular weight is 224 g/mol. The number of hydrogen-bond donors (Lipinski definition) is 1. The molecular weight excluding hydrogens is 212 g/mol. The van der Waals surface area contributed by atoms with E-state index in [4.69, 9.17) is 5.26 Å². The van der Waals surface area contributed by atoms with E-state index in [9.17, 15) is 5.11 Å². The molecule has 0 aliphatic carbocycles.